The van der Waals surface area contributed by atoms with Crippen molar-refractivity contribution in [3.05, 3.63) is 71.8 Å². The second-order valence-corrected chi connectivity index (χ2v) is 7.69. The van der Waals surface area contributed by atoms with E-state index in [0.29, 0.717) is 17.0 Å². The number of imide groups is 1. The van der Waals surface area contributed by atoms with Crippen LogP contribution < -0.4 is 5.32 Å². The molecule has 0 aliphatic carbocycles. The van der Waals surface area contributed by atoms with Crippen molar-refractivity contribution in [1.29, 1.82) is 0 Å². The summed E-state index contributed by atoms with van der Waals surface area (Å²) in [5, 5.41) is 12.1. The Hall–Kier alpha value is -3.37. The number of thiol groups is 1. The molecule has 0 radical (unpaired) electrons. The summed E-state index contributed by atoms with van der Waals surface area (Å²) in [6.45, 7) is 0.169. The molecule has 2 aromatic rings. The number of benzene rings is 2. The Morgan fingerprint density at radius 3 is 2.12 bits per heavy atom. The quantitative estimate of drug-likeness (QED) is 0.308. The number of carbonyl (C=O) groups excluding carboxylic acids is 3. The van der Waals surface area contributed by atoms with Gasteiger partial charge in [0.25, 0.3) is 5.91 Å². The maximum Gasteiger partial charge on any atom is 0.417 e. The molecule has 2 rings (SSSR count). The van der Waals surface area contributed by atoms with E-state index in [1.807, 2.05) is 30.3 Å². The fourth-order valence-electron chi connectivity index (χ4n) is 3.14. The molecule has 0 aliphatic heterocycles. The van der Waals surface area contributed by atoms with Crippen molar-refractivity contribution in [3.8, 4) is 0 Å². The van der Waals surface area contributed by atoms with Gasteiger partial charge in [0, 0.05) is 18.7 Å². The number of ether oxygens (including phenoxy) is 2. The Kier molecular flexibility index (Phi) is 11.1. The molecule has 182 valence electrons. The highest BCUT2D eigenvalue weighted by Crippen LogP contribution is 2.16. The molecule has 2 N–H and O–H groups in total. The Morgan fingerprint density at radius 2 is 1.59 bits per heavy atom. The van der Waals surface area contributed by atoms with Gasteiger partial charge in [-0.2, -0.15) is 12.6 Å². The van der Waals surface area contributed by atoms with Crippen molar-refractivity contribution < 1.29 is 33.8 Å². The summed E-state index contributed by atoms with van der Waals surface area (Å²) < 4.78 is 10.1. The summed E-state index contributed by atoms with van der Waals surface area (Å²) >= 11 is 4.23. The first-order valence-corrected chi connectivity index (χ1v) is 11.2. The third kappa shape index (κ3) is 8.20. The lowest BCUT2D eigenvalue weighted by molar-refractivity contribution is -0.153. The van der Waals surface area contributed by atoms with Crippen LogP contribution in [-0.2, 0) is 37.0 Å². The minimum Gasteiger partial charge on any atom is -0.481 e. The molecule has 2 amide bonds. The number of nitrogens with one attached hydrogen (secondary N) is 1. The number of esters is 1. The van der Waals surface area contributed by atoms with Crippen LogP contribution in [0.25, 0.3) is 0 Å². The van der Waals surface area contributed by atoms with Gasteiger partial charge >= 0.3 is 18.0 Å². The van der Waals surface area contributed by atoms with Crippen molar-refractivity contribution in [3.63, 3.8) is 0 Å². The highest BCUT2D eigenvalue weighted by atomic mass is 32.1. The van der Waals surface area contributed by atoms with Gasteiger partial charge in [0.1, 0.15) is 12.6 Å². The van der Waals surface area contributed by atoms with E-state index < -0.39 is 42.4 Å². The first-order chi connectivity index (χ1) is 16.4. The maximum absolute atomic E-state index is 13.4. The SMILES string of the molecule is COC(=O)[C@H](CCC(=O)O)N(C(=O)OCc1ccccc1)C(=O)[C@H](CS)NCc1ccccc1. The highest BCUT2D eigenvalue weighted by molar-refractivity contribution is 7.80. The Balaban J connectivity index is 2.27. The third-order valence-electron chi connectivity index (χ3n) is 4.93. The number of carboxylic acids is 1. The number of amides is 2. The largest absolute Gasteiger partial charge is 0.481 e. The zero-order valence-corrected chi connectivity index (χ0v) is 19.6. The molecule has 0 spiro atoms. The van der Waals surface area contributed by atoms with Crippen LogP contribution in [0.15, 0.2) is 60.7 Å². The molecule has 0 fully saturated rings. The van der Waals surface area contributed by atoms with Gasteiger partial charge in [0.15, 0.2) is 0 Å². The molecule has 0 unspecified atom stereocenters. The Bertz CT molecular complexity index is 956. The van der Waals surface area contributed by atoms with E-state index in [2.05, 4.69) is 17.9 Å². The van der Waals surface area contributed by atoms with Crippen LogP contribution in [0, 0.1) is 0 Å². The number of hydrogen-bond acceptors (Lipinski definition) is 8. The van der Waals surface area contributed by atoms with Crippen molar-refractivity contribution in [2.75, 3.05) is 12.9 Å². The lowest BCUT2D eigenvalue weighted by Crippen LogP contribution is -2.56. The van der Waals surface area contributed by atoms with Crippen molar-refractivity contribution in [2.45, 2.75) is 38.1 Å². The average molecular weight is 489 g/mol. The second-order valence-electron chi connectivity index (χ2n) is 7.32. The predicted octanol–water partition coefficient (Wildman–Crippen LogP) is 2.65. The standard InChI is InChI=1S/C24H28N2O7S/c1-32-23(30)20(12-13-21(27)28)26(24(31)33-15-18-10-6-3-7-11-18)22(29)19(16-34)25-14-17-8-4-2-5-9-17/h2-11,19-20,25,34H,12-16H2,1H3,(H,27,28)/t19-,20-/m0/s1. The van der Waals surface area contributed by atoms with Crippen LogP contribution in [0.5, 0.6) is 0 Å². The molecule has 10 heteroatoms. The van der Waals surface area contributed by atoms with Crippen LogP contribution in [0.3, 0.4) is 0 Å². The summed E-state index contributed by atoms with van der Waals surface area (Å²) in [6, 6.07) is 15.7. The van der Waals surface area contributed by atoms with Crippen molar-refractivity contribution in [1.82, 2.24) is 10.2 Å². The molecule has 9 nitrogen and oxygen atoms in total. The third-order valence-corrected chi connectivity index (χ3v) is 5.30. The van der Waals surface area contributed by atoms with E-state index >= 15 is 0 Å². The van der Waals surface area contributed by atoms with E-state index in [0.717, 1.165) is 12.7 Å². The van der Waals surface area contributed by atoms with Gasteiger partial charge in [0.05, 0.1) is 13.2 Å². The molecule has 0 aromatic heterocycles. The van der Waals surface area contributed by atoms with Crippen LogP contribution in [0.2, 0.25) is 0 Å². The second kappa shape index (κ2) is 14.0. The topological polar surface area (TPSA) is 122 Å². The molecule has 0 bridgehead atoms. The van der Waals surface area contributed by atoms with E-state index in [4.69, 9.17) is 14.6 Å². The molecule has 2 aromatic carbocycles. The zero-order chi connectivity index (χ0) is 24.9. The fraction of sp³-hybridized carbons (Fsp3) is 0.333. The maximum atomic E-state index is 13.4. The molecule has 34 heavy (non-hydrogen) atoms. The Labute approximate surface area is 203 Å². The normalized spacial score (nSPS) is 12.3. The zero-order valence-electron chi connectivity index (χ0n) is 18.8. The number of carbonyl (C=O) groups is 4. The summed E-state index contributed by atoms with van der Waals surface area (Å²) in [6.07, 6.45) is -1.87. The highest BCUT2D eigenvalue weighted by Gasteiger charge is 2.39. The van der Waals surface area contributed by atoms with Gasteiger partial charge in [0.2, 0.25) is 0 Å². The Morgan fingerprint density at radius 1 is 1.00 bits per heavy atom. The number of rotatable bonds is 12. The lowest BCUT2D eigenvalue weighted by atomic mass is 10.1. The van der Waals surface area contributed by atoms with E-state index in [9.17, 15) is 19.2 Å². The van der Waals surface area contributed by atoms with Crippen LogP contribution in [0.1, 0.15) is 24.0 Å². The van der Waals surface area contributed by atoms with Gasteiger partial charge in [-0.3, -0.25) is 9.59 Å². The van der Waals surface area contributed by atoms with Gasteiger partial charge in [-0.05, 0) is 17.5 Å². The monoisotopic (exact) mass is 488 g/mol. The van der Waals surface area contributed by atoms with Gasteiger partial charge < -0.3 is 19.9 Å². The smallest absolute Gasteiger partial charge is 0.417 e. The summed E-state index contributed by atoms with van der Waals surface area (Å²) in [5.74, 6) is -2.87. The van der Waals surface area contributed by atoms with Crippen LogP contribution in [-0.4, -0.2) is 58.9 Å². The molecule has 0 aliphatic rings. The number of methoxy groups -OCH3 is 1. The first kappa shape index (κ1) is 26.9. The molecule has 0 saturated carbocycles. The molecular formula is C24H28N2O7S. The minimum atomic E-state index is -1.47. The lowest BCUT2D eigenvalue weighted by Gasteiger charge is -2.30. The average Bonchev–Trinajstić information content (AvgIpc) is 2.86. The van der Waals surface area contributed by atoms with E-state index in [1.54, 1.807) is 30.3 Å². The number of carboxylic acid groups (broad SMARTS) is 1. The van der Waals surface area contributed by atoms with E-state index in [-0.39, 0.29) is 18.8 Å². The van der Waals surface area contributed by atoms with Crippen LogP contribution in [0.4, 0.5) is 4.79 Å². The van der Waals surface area contributed by atoms with E-state index in [1.165, 1.54) is 0 Å². The molecule has 0 heterocycles. The molecule has 0 saturated heterocycles. The predicted molar refractivity (Wildman–Crippen MR) is 127 cm³/mol. The first-order valence-electron chi connectivity index (χ1n) is 10.6. The molecule has 2 atom stereocenters. The van der Waals surface area contributed by atoms with Crippen molar-refractivity contribution >= 4 is 36.6 Å². The number of nitrogens with zero attached hydrogens (tertiary/aromatic N) is 1. The summed E-state index contributed by atoms with van der Waals surface area (Å²) in [7, 11) is 1.10. The van der Waals surface area contributed by atoms with Crippen molar-refractivity contribution in [2.24, 2.45) is 0 Å². The fourth-order valence-corrected chi connectivity index (χ4v) is 3.43. The summed E-state index contributed by atoms with van der Waals surface area (Å²) in [4.78, 5) is 50.7. The van der Waals surface area contributed by atoms with Gasteiger partial charge in [-0.1, -0.05) is 60.7 Å². The minimum absolute atomic E-state index is 0.0148. The van der Waals surface area contributed by atoms with Gasteiger partial charge in [-0.15, -0.1) is 0 Å². The van der Waals surface area contributed by atoms with Gasteiger partial charge in [-0.25, -0.2) is 14.5 Å². The van der Waals surface area contributed by atoms with Crippen LogP contribution >= 0.6 is 12.6 Å². The number of aliphatic carboxylic acids is 1. The number of hydrogen-bond donors (Lipinski definition) is 3. The summed E-state index contributed by atoms with van der Waals surface area (Å²) in [5.41, 5.74) is 1.58. The molecular weight excluding hydrogens is 460 g/mol.